The van der Waals surface area contributed by atoms with Gasteiger partial charge in [0.2, 0.25) is 0 Å². The normalized spacial score (nSPS) is 14.1. The van der Waals surface area contributed by atoms with E-state index in [1.165, 1.54) is 24.3 Å². The Balaban J connectivity index is 3.14. The molecule has 0 aliphatic carbocycles. The van der Waals surface area contributed by atoms with E-state index in [0.717, 1.165) is 0 Å². The van der Waals surface area contributed by atoms with Crippen LogP contribution in [0.2, 0.25) is 0 Å². The van der Waals surface area contributed by atoms with Gasteiger partial charge in [-0.25, -0.2) is 9.59 Å². The predicted molar refractivity (Wildman–Crippen MR) is 57.2 cm³/mol. The molecule has 1 unspecified atom stereocenters. The molecule has 0 aliphatic heterocycles. The van der Waals surface area contributed by atoms with E-state index < -0.39 is 17.5 Å². The topological polar surface area (TPSA) is 101 Å². The summed E-state index contributed by atoms with van der Waals surface area (Å²) in [6, 6.07) is 5.55. The average Bonchev–Trinajstić information content (AvgIpc) is 2.27. The van der Waals surface area contributed by atoms with Gasteiger partial charge >= 0.3 is 11.9 Å². The molecular weight excluding hydrogens is 210 g/mol. The lowest BCUT2D eigenvalue weighted by Gasteiger charge is -2.23. The molecule has 5 nitrogen and oxygen atoms in total. The summed E-state index contributed by atoms with van der Waals surface area (Å²) >= 11 is 0. The Morgan fingerprint density at radius 3 is 2.06 bits per heavy atom. The summed E-state index contributed by atoms with van der Waals surface area (Å²) in [5.74, 6) is -2.18. The Bertz CT molecular complexity index is 412. The number of carboxylic acid groups (broad SMARTS) is 2. The quantitative estimate of drug-likeness (QED) is 0.707. The van der Waals surface area contributed by atoms with Crippen LogP contribution in [0.3, 0.4) is 0 Å². The minimum atomic E-state index is -1.46. The van der Waals surface area contributed by atoms with Gasteiger partial charge < -0.3 is 15.9 Å². The summed E-state index contributed by atoms with van der Waals surface area (Å²) in [5, 5.41) is 17.7. The molecule has 1 aromatic rings. The first kappa shape index (κ1) is 12.2. The molecule has 0 fully saturated rings. The number of aromatic carboxylic acids is 1. The van der Waals surface area contributed by atoms with Gasteiger partial charge in [0, 0.05) is 0 Å². The number of carbonyl (C=O) groups is 2. The molecule has 1 aromatic carbocycles. The van der Waals surface area contributed by atoms with Crippen molar-refractivity contribution in [3.63, 3.8) is 0 Å². The van der Waals surface area contributed by atoms with E-state index in [-0.39, 0.29) is 12.0 Å². The monoisotopic (exact) mass is 223 g/mol. The molecule has 86 valence electrons. The van der Waals surface area contributed by atoms with Crippen LogP contribution in [-0.2, 0) is 10.3 Å². The fraction of sp³-hybridized carbons (Fsp3) is 0.273. The van der Waals surface area contributed by atoms with Crippen molar-refractivity contribution in [2.24, 2.45) is 5.73 Å². The average molecular weight is 223 g/mol. The first-order valence-corrected chi connectivity index (χ1v) is 4.78. The second-order valence-corrected chi connectivity index (χ2v) is 3.51. The number of hydrogen-bond acceptors (Lipinski definition) is 3. The van der Waals surface area contributed by atoms with Crippen LogP contribution in [0.1, 0.15) is 29.3 Å². The second kappa shape index (κ2) is 4.32. The van der Waals surface area contributed by atoms with Crippen molar-refractivity contribution in [1.82, 2.24) is 0 Å². The highest BCUT2D eigenvalue weighted by atomic mass is 16.4. The molecule has 0 aromatic heterocycles. The number of nitrogens with two attached hydrogens (primary N) is 1. The molecule has 0 radical (unpaired) electrons. The van der Waals surface area contributed by atoms with Gasteiger partial charge in [-0.15, -0.1) is 0 Å². The van der Waals surface area contributed by atoms with Gasteiger partial charge in [-0.2, -0.15) is 0 Å². The van der Waals surface area contributed by atoms with Gasteiger partial charge in [0.1, 0.15) is 5.54 Å². The summed E-state index contributed by atoms with van der Waals surface area (Å²) in [7, 11) is 0. The molecule has 4 N–H and O–H groups in total. The molecular formula is C11H13NO4. The van der Waals surface area contributed by atoms with Crippen LogP contribution in [0.4, 0.5) is 0 Å². The number of aliphatic carboxylic acids is 1. The number of benzene rings is 1. The highest BCUT2D eigenvalue weighted by Crippen LogP contribution is 2.22. The van der Waals surface area contributed by atoms with E-state index in [2.05, 4.69) is 0 Å². The summed E-state index contributed by atoms with van der Waals surface area (Å²) in [6.45, 7) is 1.67. The first-order chi connectivity index (χ1) is 7.41. The molecule has 0 saturated carbocycles. The van der Waals surface area contributed by atoms with Gasteiger partial charge in [0.15, 0.2) is 0 Å². The van der Waals surface area contributed by atoms with Crippen molar-refractivity contribution in [2.75, 3.05) is 0 Å². The Morgan fingerprint density at radius 2 is 1.75 bits per heavy atom. The van der Waals surface area contributed by atoms with E-state index in [1.54, 1.807) is 6.92 Å². The minimum Gasteiger partial charge on any atom is -0.480 e. The van der Waals surface area contributed by atoms with Gasteiger partial charge in [-0.3, -0.25) is 0 Å². The Labute approximate surface area is 92.5 Å². The molecule has 16 heavy (non-hydrogen) atoms. The smallest absolute Gasteiger partial charge is 0.335 e. The van der Waals surface area contributed by atoms with Crippen molar-refractivity contribution < 1.29 is 19.8 Å². The first-order valence-electron chi connectivity index (χ1n) is 4.78. The van der Waals surface area contributed by atoms with Crippen LogP contribution in [0.5, 0.6) is 0 Å². The van der Waals surface area contributed by atoms with Crippen LogP contribution in [0.15, 0.2) is 24.3 Å². The molecule has 1 atom stereocenters. The van der Waals surface area contributed by atoms with Gasteiger partial charge in [-0.05, 0) is 24.1 Å². The maximum atomic E-state index is 11.0. The maximum absolute atomic E-state index is 11.0. The number of hydrogen-bond donors (Lipinski definition) is 3. The fourth-order valence-corrected chi connectivity index (χ4v) is 1.39. The second-order valence-electron chi connectivity index (χ2n) is 3.51. The van der Waals surface area contributed by atoms with Crippen molar-refractivity contribution in [3.05, 3.63) is 35.4 Å². The van der Waals surface area contributed by atoms with Crippen LogP contribution in [-0.4, -0.2) is 22.2 Å². The SMILES string of the molecule is CCC(N)(C(=O)O)c1ccc(C(=O)O)cc1. The van der Waals surface area contributed by atoms with Crippen LogP contribution >= 0.6 is 0 Å². The van der Waals surface area contributed by atoms with Crippen molar-refractivity contribution in [2.45, 2.75) is 18.9 Å². The van der Waals surface area contributed by atoms with Gasteiger partial charge in [-0.1, -0.05) is 19.1 Å². The van der Waals surface area contributed by atoms with Gasteiger partial charge in [0.25, 0.3) is 0 Å². The van der Waals surface area contributed by atoms with E-state index >= 15 is 0 Å². The number of carboxylic acids is 2. The molecule has 5 heteroatoms. The summed E-state index contributed by atoms with van der Waals surface area (Å²) in [6.07, 6.45) is 0.231. The molecule has 0 saturated heterocycles. The summed E-state index contributed by atoms with van der Waals surface area (Å²) in [5.41, 5.74) is 4.78. The van der Waals surface area contributed by atoms with Crippen molar-refractivity contribution in [1.29, 1.82) is 0 Å². The predicted octanol–water partition coefficient (Wildman–Crippen LogP) is 1.03. The van der Waals surface area contributed by atoms with E-state index in [4.69, 9.17) is 15.9 Å². The molecule has 0 spiro atoms. The van der Waals surface area contributed by atoms with Crippen LogP contribution in [0.25, 0.3) is 0 Å². The van der Waals surface area contributed by atoms with Gasteiger partial charge in [0.05, 0.1) is 5.56 Å². The largest absolute Gasteiger partial charge is 0.480 e. The van der Waals surface area contributed by atoms with Crippen LogP contribution in [0, 0.1) is 0 Å². The Kier molecular flexibility index (Phi) is 3.29. The molecule has 1 rings (SSSR count). The fourth-order valence-electron chi connectivity index (χ4n) is 1.39. The van der Waals surface area contributed by atoms with E-state index in [0.29, 0.717) is 5.56 Å². The van der Waals surface area contributed by atoms with Crippen LogP contribution < -0.4 is 5.73 Å². The minimum absolute atomic E-state index is 0.104. The van der Waals surface area contributed by atoms with E-state index in [1.807, 2.05) is 0 Å². The zero-order valence-corrected chi connectivity index (χ0v) is 8.80. The Hall–Kier alpha value is -1.88. The number of rotatable bonds is 4. The molecule has 0 heterocycles. The molecule has 0 aliphatic rings. The molecule has 0 bridgehead atoms. The third kappa shape index (κ3) is 2.04. The summed E-state index contributed by atoms with van der Waals surface area (Å²) < 4.78 is 0. The third-order valence-corrected chi connectivity index (χ3v) is 2.59. The van der Waals surface area contributed by atoms with Crippen molar-refractivity contribution in [3.8, 4) is 0 Å². The highest BCUT2D eigenvalue weighted by molar-refractivity contribution is 5.88. The lowest BCUT2D eigenvalue weighted by Crippen LogP contribution is -2.44. The maximum Gasteiger partial charge on any atom is 0.335 e. The standard InChI is InChI=1S/C11H13NO4/c1-2-11(12,10(15)16)8-5-3-7(4-6-8)9(13)14/h3-6H,2,12H2,1H3,(H,13,14)(H,15,16). The third-order valence-electron chi connectivity index (χ3n) is 2.59. The summed E-state index contributed by atoms with van der Waals surface area (Å²) in [4.78, 5) is 21.6. The zero-order chi connectivity index (χ0) is 12.3. The van der Waals surface area contributed by atoms with Crippen molar-refractivity contribution >= 4 is 11.9 Å². The molecule has 0 amide bonds. The lowest BCUT2D eigenvalue weighted by molar-refractivity contribution is -0.143. The zero-order valence-electron chi connectivity index (χ0n) is 8.80. The highest BCUT2D eigenvalue weighted by Gasteiger charge is 2.33. The lowest BCUT2D eigenvalue weighted by atomic mass is 9.88. The van der Waals surface area contributed by atoms with E-state index in [9.17, 15) is 9.59 Å². The Morgan fingerprint density at radius 1 is 1.25 bits per heavy atom.